The smallest absolute Gasteiger partial charge is 0.360 e. The molecule has 0 aliphatic carbocycles. The fourth-order valence-electron chi connectivity index (χ4n) is 3.50. The van der Waals surface area contributed by atoms with Crippen molar-refractivity contribution in [2.75, 3.05) is 14.2 Å². The maximum absolute atomic E-state index is 11.9. The molecule has 0 aliphatic rings. The van der Waals surface area contributed by atoms with Crippen LogP contribution in [0.15, 0.2) is 89.6 Å². The number of ether oxygens (including phenoxy) is 3. The van der Waals surface area contributed by atoms with Gasteiger partial charge in [-0.15, -0.1) is 0 Å². The van der Waals surface area contributed by atoms with Gasteiger partial charge < -0.3 is 18.7 Å². The summed E-state index contributed by atoms with van der Waals surface area (Å²) >= 11 is 0. The zero-order valence-corrected chi connectivity index (χ0v) is 20.2. The first-order valence-electron chi connectivity index (χ1n) is 11.2. The van der Waals surface area contributed by atoms with E-state index in [-0.39, 0.29) is 5.69 Å². The van der Waals surface area contributed by atoms with Crippen molar-refractivity contribution >= 4 is 11.7 Å². The molecule has 3 aromatic carbocycles. The molecule has 36 heavy (non-hydrogen) atoms. The molecule has 4 rings (SSSR count). The Morgan fingerprint density at radius 3 is 2.31 bits per heavy atom. The Balaban J connectivity index is 1.37. The number of aromatic nitrogens is 1. The van der Waals surface area contributed by atoms with Crippen LogP contribution in [0, 0.1) is 6.92 Å². The molecule has 0 unspecified atom stereocenters. The molecule has 0 saturated heterocycles. The number of hydrogen-bond donors (Lipinski definition) is 1. The minimum Gasteiger partial charge on any atom is -0.489 e. The van der Waals surface area contributed by atoms with E-state index in [1.54, 1.807) is 20.3 Å². The van der Waals surface area contributed by atoms with Crippen LogP contribution >= 0.6 is 0 Å². The second kappa shape index (κ2) is 11.7. The summed E-state index contributed by atoms with van der Waals surface area (Å²) in [5.41, 5.74) is 7.00. The Morgan fingerprint density at radius 1 is 0.944 bits per heavy atom. The van der Waals surface area contributed by atoms with Crippen LogP contribution in [-0.2, 0) is 16.2 Å². The summed E-state index contributed by atoms with van der Waals surface area (Å²) < 4.78 is 21.7. The van der Waals surface area contributed by atoms with Crippen molar-refractivity contribution in [1.29, 1.82) is 0 Å². The lowest BCUT2D eigenvalue weighted by atomic mass is 10.0. The van der Waals surface area contributed by atoms with Crippen LogP contribution in [0.5, 0.6) is 11.5 Å². The van der Waals surface area contributed by atoms with Crippen LogP contribution in [0.2, 0.25) is 0 Å². The maximum Gasteiger partial charge on any atom is 0.360 e. The molecule has 1 heterocycles. The van der Waals surface area contributed by atoms with E-state index in [0.717, 1.165) is 16.7 Å². The van der Waals surface area contributed by atoms with E-state index in [2.05, 4.69) is 10.6 Å². The molecule has 8 heteroatoms. The predicted molar refractivity (Wildman–Crippen MR) is 134 cm³/mol. The van der Waals surface area contributed by atoms with Crippen molar-refractivity contribution in [3.8, 4) is 22.6 Å². The summed E-state index contributed by atoms with van der Waals surface area (Å²) in [6.07, 6.45) is 1.61. The fraction of sp³-hybridized carbons (Fsp3) is 0.143. The summed E-state index contributed by atoms with van der Waals surface area (Å²) in [6.45, 7) is 2.13. The highest BCUT2D eigenvalue weighted by molar-refractivity contribution is 5.95. The van der Waals surface area contributed by atoms with Gasteiger partial charge in [0.2, 0.25) is 0 Å². The van der Waals surface area contributed by atoms with Crippen molar-refractivity contribution in [2.45, 2.75) is 13.5 Å². The van der Waals surface area contributed by atoms with Crippen molar-refractivity contribution in [3.63, 3.8) is 0 Å². The largest absolute Gasteiger partial charge is 0.489 e. The standard InChI is InChI=1S/C28H26N2O6/c1-19-26(27(30-36-19)28(31)32-2)22-11-15-24(16-12-22)34-17-20-9-13-23(14-10-20)35-18-25(29-33-3)21-7-5-4-6-8-21/h4-16,18,29H,17H2,1-3H3. The van der Waals surface area contributed by atoms with Gasteiger partial charge in [-0.2, -0.15) is 0 Å². The normalized spacial score (nSPS) is 11.1. The molecule has 1 N–H and O–H groups in total. The van der Waals surface area contributed by atoms with Gasteiger partial charge in [0.05, 0.1) is 19.8 Å². The number of benzene rings is 3. The van der Waals surface area contributed by atoms with Crippen LogP contribution < -0.4 is 15.0 Å². The average Bonchev–Trinajstić information content (AvgIpc) is 3.32. The van der Waals surface area contributed by atoms with Crippen LogP contribution in [0.1, 0.15) is 27.4 Å². The number of rotatable bonds is 10. The summed E-state index contributed by atoms with van der Waals surface area (Å²) in [5.74, 6) is 1.36. The Morgan fingerprint density at radius 2 is 1.64 bits per heavy atom. The second-order valence-corrected chi connectivity index (χ2v) is 7.73. The molecule has 4 aromatic rings. The highest BCUT2D eigenvalue weighted by Crippen LogP contribution is 2.29. The van der Waals surface area contributed by atoms with Gasteiger partial charge in [0.25, 0.3) is 0 Å². The molecular formula is C28H26N2O6. The minimum absolute atomic E-state index is 0.148. The maximum atomic E-state index is 11.9. The molecule has 0 atom stereocenters. The molecule has 0 aliphatic heterocycles. The zero-order valence-electron chi connectivity index (χ0n) is 20.2. The molecule has 1 aromatic heterocycles. The van der Waals surface area contributed by atoms with E-state index < -0.39 is 5.97 Å². The minimum atomic E-state index is -0.545. The number of hydroxylamine groups is 1. The molecular weight excluding hydrogens is 460 g/mol. The van der Waals surface area contributed by atoms with Gasteiger partial charge >= 0.3 is 5.97 Å². The predicted octanol–water partition coefficient (Wildman–Crippen LogP) is 5.54. The average molecular weight is 487 g/mol. The highest BCUT2D eigenvalue weighted by Gasteiger charge is 2.21. The number of aryl methyl sites for hydroxylation is 1. The van der Waals surface area contributed by atoms with Gasteiger partial charge in [0.1, 0.15) is 35.8 Å². The molecule has 184 valence electrons. The Labute approximate surface area is 209 Å². The van der Waals surface area contributed by atoms with Gasteiger partial charge in [0, 0.05) is 5.56 Å². The second-order valence-electron chi connectivity index (χ2n) is 7.73. The molecule has 0 fully saturated rings. The molecule has 0 amide bonds. The number of nitrogens with zero attached hydrogens (tertiary/aromatic N) is 1. The van der Waals surface area contributed by atoms with Crippen molar-refractivity contribution in [2.24, 2.45) is 0 Å². The van der Waals surface area contributed by atoms with Gasteiger partial charge in [-0.25, -0.2) is 4.79 Å². The van der Waals surface area contributed by atoms with Crippen molar-refractivity contribution in [1.82, 2.24) is 10.6 Å². The summed E-state index contributed by atoms with van der Waals surface area (Å²) in [7, 11) is 2.86. The van der Waals surface area contributed by atoms with Crippen molar-refractivity contribution in [3.05, 3.63) is 108 Å². The highest BCUT2D eigenvalue weighted by atomic mass is 16.6. The summed E-state index contributed by atoms with van der Waals surface area (Å²) in [6, 6.07) is 24.7. The lowest BCUT2D eigenvalue weighted by molar-refractivity contribution is 0.0590. The third-order valence-electron chi connectivity index (χ3n) is 5.32. The van der Waals surface area contributed by atoms with Crippen molar-refractivity contribution < 1.29 is 28.4 Å². The third-order valence-corrected chi connectivity index (χ3v) is 5.32. The number of methoxy groups -OCH3 is 1. The third kappa shape index (κ3) is 5.92. The lowest BCUT2D eigenvalue weighted by Crippen LogP contribution is -2.11. The molecule has 0 radical (unpaired) electrons. The van der Waals surface area contributed by atoms with E-state index in [0.29, 0.717) is 35.1 Å². The number of carbonyl (C=O) groups excluding carboxylic acids is 1. The zero-order chi connectivity index (χ0) is 25.3. The number of hydrogen-bond acceptors (Lipinski definition) is 8. The van der Waals surface area contributed by atoms with Gasteiger partial charge in [-0.05, 0) is 42.3 Å². The van der Waals surface area contributed by atoms with Gasteiger partial charge in [-0.1, -0.05) is 59.8 Å². The molecule has 0 bridgehead atoms. The van der Waals surface area contributed by atoms with Crippen LogP contribution in [-0.4, -0.2) is 25.3 Å². The van der Waals surface area contributed by atoms with Crippen LogP contribution in [0.25, 0.3) is 16.8 Å². The Bertz CT molecular complexity index is 1310. The van der Waals surface area contributed by atoms with E-state index in [4.69, 9.17) is 23.6 Å². The first kappa shape index (κ1) is 24.6. The van der Waals surface area contributed by atoms with E-state index in [9.17, 15) is 4.79 Å². The Kier molecular flexibility index (Phi) is 8.00. The molecule has 8 nitrogen and oxygen atoms in total. The number of carbonyl (C=O) groups is 1. The summed E-state index contributed by atoms with van der Waals surface area (Å²) in [5, 5.41) is 3.81. The molecule has 0 saturated carbocycles. The van der Waals surface area contributed by atoms with E-state index >= 15 is 0 Å². The quantitative estimate of drug-likeness (QED) is 0.177. The first-order valence-corrected chi connectivity index (χ1v) is 11.2. The number of esters is 1. The summed E-state index contributed by atoms with van der Waals surface area (Å²) in [4.78, 5) is 17.0. The van der Waals surface area contributed by atoms with E-state index in [1.165, 1.54) is 7.11 Å². The molecule has 0 spiro atoms. The number of nitrogens with one attached hydrogen (secondary N) is 1. The first-order chi connectivity index (χ1) is 17.6. The van der Waals surface area contributed by atoms with Gasteiger partial charge in [-0.3, -0.25) is 10.3 Å². The topological polar surface area (TPSA) is 92.0 Å². The lowest BCUT2D eigenvalue weighted by Gasteiger charge is -2.10. The fourth-order valence-corrected chi connectivity index (χ4v) is 3.50. The SMILES string of the molecule is CONC(=COc1ccc(COc2ccc(-c3c(C(=O)OC)noc3C)cc2)cc1)c1ccccc1. The Hall–Kier alpha value is -4.56. The van der Waals surface area contributed by atoms with Gasteiger partial charge in [0.15, 0.2) is 5.69 Å². The monoisotopic (exact) mass is 486 g/mol. The van der Waals surface area contributed by atoms with Crippen LogP contribution in [0.3, 0.4) is 0 Å². The van der Waals surface area contributed by atoms with E-state index in [1.807, 2.05) is 78.9 Å². The van der Waals surface area contributed by atoms with Crippen LogP contribution in [0.4, 0.5) is 0 Å².